The van der Waals surface area contributed by atoms with Gasteiger partial charge in [-0.25, -0.2) is 33.7 Å². The molecule has 23 nitrogen and oxygen atoms in total. The van der Waals surface area contributed by atoms with Crippen molar-refractivity contribution in [1.29, 1.82) is 0 Å². The topological polar surface area (TPSA) is 313 Å². The molecule has 3 aliphatic heterocycles. The quantitative estimate of drug-likeness (QED) is 0.129. The average Bonchev–Trinajstić information content (AvgIpc) is 3.76. The fourth-order valence-corrected chi connectivity index (χ4v) is 7.82. The smallest absolute Gasteiger partial charge is 0.387 e. The number of hydrogen-bond acceptors (Lipinski definition) is 18. The van der Waals surface area contributed by atoms with Crippen LogP contribution in [0.4, 0.5) is 11.8 Å². The minimum Gasteiger partial charge on any atom is -0.387 e. The van der Waals surface area contributed by atoms with Gasteiger partial charge in [0, 0.05) is 0 Å². The molecule has 10 unspecified atom stereocenters. The van der Waals surface area contributed by atoms with E-state index in [0.29, 0.717) is 0 Å². The van der Waals surface area contributed by atoms with Gasteiger partial charge in [0.15, 0.2) is 35.1 Å². The number of H-pyrrole nitrogens is 1. The van der Waals surface area contributed by atoms with Crippen LogP contribution in [0.1, 0.15) is 12.5 Å². The van der Waals surface area contributed by atoms with Crippen molar-refractivity contribution < 1.29 is 51.8 Å². The number of hydrogen-bond donors (Lipinski definition) is 6. The Morgan fingerprint density at radius 1 is 0.894 bits per heavy atom. The van der Waals surface area contributed by atoms with Crippen molar-refractivity contribution in [2.45, 2.75) is 49.1 Å². The molecule has 0 spiro atoms. The first-order valence-corrected chi connectivity index (χ1v) is 16.8. The lowest BCUT2D eigenvalue weighted by molar-refractivity contribution is -0.0652. The summed E-state index contributed by atoms with van der Waals surface area (Å²) >= 11 is 0. The third-order valence-corrected chi connectivity index (χ3v) is 10.8. The molecule has 25 heteroatoms. The van der Waals surface area contributed by atoms with Crippen molar-refractivity contribution in [3.8, 4) is 0 Å². The Kier molecular flexibility index (Phi) is 7.94. The van der Waals surface area contributed by atoms with Crippen LogP contribution in [0.25, 0.3) is 22.3 Å². The lowest BCUT2D eigenvalue weighted by atomic mass is 10.1. The maximum Gasteiger partial charge on any atom is 0.472 e. The van der Waals surface area contributed by atoms with Crippen molar-refractivity contribution in [1.82, 2.24) is 43.7 Å². The van der Waals surface area contributed by atoms with Crippen LogP contribution in [0.5, 0.6) is 0 Å². The number of fused-ring (bicyclic) bond motifs is 5. The number of aliphatic hydroxyl groups is 2. The van der Waals surface area contributed by atoms with Gasteiger partial charge >= 0.3 is 15.6 Å². The summed E-state index contributed by atoms with van der Waals surface area (Å²) in [7, 11) is -6.64. The van der Waals surface area contributed by atoms with E-state index in [4.69, 9.17) is 39.0 Å². The molecule has 47 heavy (non-hydrogen) atoms. The van der Waals surface area contributed by atoms with Crippen LogP contribution < -0.4 is 17.0 Å². The van der Waals surface area contributed by atoms with Crippen LogP contribution in [0.2, 0.25) is 0 Å². The van der Waals surface area contributed by atoms with Crippen LogP contribution in [-0.4, -0.2) is 123 Å². The first-order valence-electron chi connectivity index (χ1n) is 13.9. The molecule has 4 aromatic heterocycles. The predicted molar refractivity (Wildman–Crippen MR) is 155 cm³/mol. The molecule has 3 saturated heterocycles. The molecule has 2 bridgehead atoms. The molecule has 7 rings (SSSR count). The lowest BCUT2D eigenvalue weighted by Crippen LogP contribution is -2.37. The molecule has 10 atom stereocenters. The molecule has 0 amide bonds. The number of phosphoric acid groups is 1. The Hall–Kier alpha value is -3.44. The largest absolute Gasteiger partial charge is 0.472 e. The van der Waals surface area contributed by atoms with Gasteiger partial charge in [0.1, 0.15) is 48.5 Å². The van der Waals surface area contributed by atoms with Gasteiger partial charge in [-0.1, -0.05) is 0 Å². The zero-order chi connectivity index (χ0) is 33.4. The molecular weight excluding hydrogens is 672 g/mol. The number of nitrogen functional groups attached to an aromatic ring is 2. The van der Waals surface area contributed by atoms with E-state index in [2.05, 4.69) is 29.9 Å². The number of ether oxygens (including phenoxy) is 2. The van der Waals surface area contributed by atoms with Crippen molar-refractivity contribution in [3.63, 3.8) is 0 Å². The van der Waals surface area contributed by atoms with E-state index in [0.717, 1.165) is 4.67 Å². The third kappa shape index (κ3) is 5.53. The summed E-state index contributed by atoms with van der Waals surface area (Å²) in [4.78, 5) is 45.7. The highest BCUT2D eigenvalue weighted by molar-refractivity contribution is 7.51. The lowest BCUT2D eigenvalue weighted by Gasteiger charge is -2.31. The van der Waals surface area contributed by atoms with Gasteiger partial charge in [-0.05, 0) is 14.1 Å². The van der Waals surface area contributed by atoms with Gasteiger partial charge in [-0.3, -0.25) is 37.0 Å². The van der Waals surface area contributed by atoms with Gasteiger partial charge < -0.3 is 36.0 Å². The van der Waals surface area contributed by atoms with Crippen LogP contribution in [0.3, 0.4) is 0 Å². The predicted octanol–water partition coefficient (Wildman–Crippen LogP) is -1.77. The van der Waals surface area contributed by atoms with Gasteiger partial charge in [0.25, 0.3) is 5.56 Å². The summed E-state index contributed by atoms with van der Waals surface area (Å²) in [5.74, 6) is -0.179. The molecule has 7 heterocycles. The standard InChI is InChI=1S/C22H29N11O12P2/c1-31(2)46(37)40-4-9-14(13(35)20(43-9)32-6-27-10-16(23)25-5-26-17(10)32)45-47(38,39)41-3-8-12(34)15(44-46)21(42-8)33-7-28-11-18(33)29-22(24)30-19(11)36/h5-9,12-15,20-21,34-35H,3-4H2,1-2H3,(H,38,39)(H2,23,25,26)(H3,24,29,30,36). The number of nitrogens with zero attached hydrogens (tertiary/aromatic N) is 8. The van der Waals surface area contributed by atoms with Crippen LogP contribution in [-0.2, 0) is 36.7 Å². The van der Waals surface area contributed by atoms with Gasteiger partial charge in [-0.2, -0.15) is 4.98 Å². The van der Waals surface area contributed by atoms with Crippen LogP contribution in [0.15, 0.2) is 23.8 Å². The Morgan fingerprint density at radius 2 is 1.57 bits per heavy atom. The Balaban J connectivity index is 1.24. The molecular formula is C22H29N11O12P2. The van der Waals surface area contributed by atoms with Gasteiger partial charge in [-0.15, -0.1) is 0 Å². The molecule has 3 fully saturated rings. The molecule has 3 aliphatic rings. The molecule has 8 N–H and O–H groups in total. The highest BCUT2D eigenvalue weighted by atomic mass is 31.2. The van der Waals surface area contributed by atoms with E-state index in [9.17, 15) is 29.0 Å². The van der Waals surface area contributed by atoms with Gasteiger partial charge in [0.05, 0.1) is 25.9 Å². The minimum absolute atomic E-state index is 0.0576. The molecule has 0 saturated carbocycles. The van der Waals surface area contributed by atoms with E-state index < -0.39 is 83.4 Å². The Morgan fingerprint density at radius 3 is 2.32 bits per heavy atom. The number of nitrogens with one attached hydrogen (secondary N) is 1. The summed E-state index contributed by atoms with van der Waals surface area (Å²) in [5, 5.41) is 22.6. The molecule has 254 valence electrons. The second kappa shape index (κ2) is 11.6. The highest BCUT2D eigenvalue weighted by Crippen LogP contribution is 2.56. The van der Waals surface area contributed by atoms with Crippen molar-refractivity contribution in [2.75, 3.05) is 38.8 Å². The van der Waals surface area contributed by atoms with Crippen molar-refractivity contribution in [3.05, 3.63) is 29.3 Å². The van der Waals surface area contributed by atoms with E-state index in [-0.39, 0.29) is 34.1 Å². The number of nitrogens with two attached hydrogens (primary N) is 2. The Bertz CT molecular complexity index is 1990. The maximum absolute atomic E-state index is 14.3. The summed E-state index contributed by atoms with van der Waals surface area (Å²) in [6.07, 6.45) is -8.19. The number of aliphatic hydroxyl groups excluding tert-OH is 2. The summed E-state index contributed by atoms with van der Waals surface area (Å²) in [6, 6.07) is 0. The number of aromatic nitrogens is 8. The fraction of sp³-hybridized carbons (Fsp3) is 0.545. The van der Waals surface area contributed by atoms with E-state index in [1.165, 1.54) is 42.2 Å². The fourth-order valence-electron chi connectivity index (χ4n) is 5.51. The van der Waals surface area contributed by atoms with E-state index in [1.54, 1.807) is 0 Å². The number of rotatable bonds is 3. The number of anilines is 2. The third-order valence-electron chi connectivity index (χ3n) is 7.81. The highest BCUT2D eigenvalue weighted by Gasteiger charge is 2.54. The van der Waals surface area contributed by atoms with E-state index >= 15 is 0 Å². The average molecular weight is 701 g/mol. The van der Waals surface area contributed by atoms with Crippen molar-refractivity contribution in [2.24, 2.45) is 0 Å². The number of aromatic amines is 1. The monoisotopic (exact) mass is 701 g/mol. The maximum atomic E-state index is 14.3. The SMILES string of the molecule is CN(C)P1(=O)OCC2OC(n3cnc4c(N)ncnc43)C(O)C2OP(=O)(O)OCC2OC(n3cnc4c(=O)[nH]c(N)nc43)C(O1)C2O. The molecule has 4 aromatic rings. The Labute approximate surface area is 262 Å². The molecule has 0 aromatic carbocycles. The second-order valence-electron chi connectivity index (χ2n) is 11.0. The second-order valence-corrected chi connectivity index (χ2v) is 14.6. The zero-order valence-electron chi connectivity index (χ0n) is 24.4. The first kappa shape index (κ1) is 32.1. The van der Waals surface area contributed by atoms with Crippen LogP contribution >= 0.6 is 15.6 Å². The summed E-state index contributed by atoms with van der Waals surface area (Å²) < 4.78 is 65.4. The van der Waals surface area contributed by atoms with Crippen LogP contribution in [0, 0.1) is 0 Å². The molecule has 0 aliphatic carbocycles. The van der Waals surface area contributed by atoms with Gasteiger partial charge in [0.2, 0.25) is 5.95 Å². The number of imidazole rings is 2. The number of phosphoric ester groups is 1. The first-order chi connectivity index (χ1) is 22.3. The molecule has 0 radical (unpaired) electrons. The minimum atomic E-state index is -5.03. The van der Waals surface area contributed by atoms with E-state index in [1.807, 2.05) is 0 Å². The summed E-state index contributed by atoms with van der Waals surface area (Å²) in [6.45, 7) is -1.38. The normalized spacial score (nSPS) is 36.7. The summed E-state index contributed by atoms with van der Waals surface area (Å²) in [5.41, 5.74) is 11.2. The van der Waals surface area contributed by atoms with Crippen molar-refractivity contribution >= 4 is 49.7 Å². The zero-order valence-corrected chi connectivity index (χ0v) is 26.2.